The lowest BCUT2D eigenvalue weighted by atomic mass is 10.1. The van der Waals surface area contributed by atoms with Crippen molar-refractivity contribution >= 4 is 22.1 Å². The molecule has 0 atom stereocenters. The van der Waals surface area contributed by atoms with Gasteiger partial charge in [0.05, 0.1) is 25.3 Å². The highest BCUT2D eigenvalue weighted by Crippen LogP contribution is 2.54. The number of methoxy groups -OCH3 is 2. The summed E-state index contributed by atoms with van der Waals surface area (Å²) in [6.45, 7) is 0. The molecular weight excluding hydrogens is 714 g/mol. The van der Waals surface area contributed by atoms with Gasteiger partial charge in [0, 0.05) is 12.1 Å². The summed E-state index contributed by atoms with van der Waals surface area (Å²) in [6.07, 6.45) is -7.16. The zero-order chi connectivity index (χ0) is 31.5. The van der Waals surface area contributed by atoms with Crippen molar-refractivity contribution < 1.29 is 103 Å². The van der Waals surface area contributed by atoms with E-state index < -0.39 is 66.5 Å². The lowest BCUT2D eigenvalue weighted by Crippen LogP contribution is -3.61. The topological polar surface area (TPSA) is 150 Å². The van der Waals surface area contributed by atoms with E-state index in [-0.39, 0.29) is 11.1 Å². The summed E-state index contributed by atoms with van der Waals surface area (Å²) in [4.78, 5) is 22.3. The van der Waals surface area contributed by atoms with Crippen LogP contribution in [0.15, 0.2) is 36.4 Å². The number of hydrogen-bond donors (Lipinski definition) is 2. The van der Waals surface area contributed by atoms with Crippen molar-refractivity contribution in [2.24, 2.45) is 0 Å². The number of carbonyl (C=O) groups is 2. The second-order valence-electron chi connectivity index (χ2n) is 7.02. The molecule has 9 nitrogen and oxygen atoms in total. The molecule has 20 heteroatoms. The lowest BCUT2D eigenvalue weighted by Gasteiger charge is -2.34. The van der Waals surface area contributed by atoms with E-state index >= 15 is 0 Å². The molecule has 40 heavy (non-hydrogen) atoms. The molecule has 2 aromatic carbocycles. The number of carboxylic acids is 2. The molecule has 0 aliphatic carbocycles. The third kappa shape index (κ3) is 7.19. The van der Waals surface area contributed by atoms with Gasteiger partial charge in [-0.1, -0.05) is 0 Å². The van der Waals surface area contributed by atoms with Crippen LogP contribution in [0.4, 0.5) is 39.5 Å². The number of halogens is 10. The van der Waals surface area contributed by atoms with Crippen LogP contribution in [0.25, 0.3) is 0 Å². The van der Waals surface area contributed by atoms with Gasteiger partial charge in [-0.05, 0) is 24.3 Å². The average molecular weight is 728 g/mol. The SMILES string of the molecule is COc1ccc(C(=O)O)cc1[I+]c1cc(C(=O)O)ccc1OC.O=S(=O)([O-])C(F)(F)C(F)(F)C(F)(F)C(F)(F)F. The fourth-order valence-corrected chi connectivity index (χ4v) is 5.76. The van der Waals surface area contributed by atoms with Gasteiger partial charge in [0.2, 0.25) is 7.14 Å². The number of aromatic carboxylic acids is 2. The summed E-state index contributed by atoms with van der Waals surface area (Å²) in [5.74, 6) is -15.7. The van der Waals surface area contributed by atoms with Crippen LogP contribution in [0.2, 0.25) is 0 Å². The van der Waals surface area contributed by atoms with Crippen LogP contribution >= 0.6 is 0 Å². The minimum atomic E-state index is -7.43. The lowest BCUT2D eigenvalue weighted by molar-refractivity contribution is -0.598. The number of benzene rings is 2. The Balaban J connectivity index is 0.000000421. The molecule has 0 bridgehead atoms. The zero-order valence-corrected chi connectivity index (χ0v) is 22.4. The minimum absolute atomic E-state index is 0.161. The summed E-state index contributed by atoms with van der Waals surface area (Å²) in [5.41, 5.74) is 0.322. The fraction of sp³-hybridized carbons (Fsp3) is 0.300. The number of rotatable bonds is 9. The number of alkyl halides is 9. The first-order valence-corrected chi connectivity index (χ1v) is 13.2. The Kier molecular flexibility index (Phi) is 10.7. The molecule has 0 heterocycles. The molecular formula is C20H14F9IO9S. The molecule has 0 aliphatic heterocycles. The standard InChI is InChI=1S/C16H13IO6.C4HF9O3S/c1-22-13-5-3-9(15(18)19)7-11(13)17-12-8-10(16(20)21)4-6-14(12)23-2;5-1(6,3(9,10)11)2(7,8)4(12,13)17(14,15)16/h3-8H,1-2H3,(H-,18,19,20,21);(H,14,15,16). The summed E-state index contributed by atoms with van der Waals surface area (Å²) in [6, 6.07) is 9.26. The molecule has 0 aliphatic rings. The van der Waals surface area contributed by atoms with Crippen molar-refractivity contribution in [3.63, 3.8) is 0 Å². The quantitative estimate of drug-likeness (QED) is 0.221. The largest absolute Gasteiger partial charge is 0.743 e. The van der Waals surface area contributed by atoms with Crippen molar-refractivity contribution in [1.82, 2.24) is 0 Å². The molecule has 2 N–H and O–H groups in total. The first-order valence-electron chi connectivity index (χ1n) is 9.59. The van der Waals surface area contributed by atoms with Crippen LogP contribution in [0.1, 0.15) is 20.7 Å². The normalized spacial score (nSPS) is 12.7. The van der Waals surface area contributed by atoms with Gasteiger partial charge in [0.25, 0.3) is 0 Å². The van der Waals surface area contributed by atoms with E-state index in [2.05, 4.69) is 0 Å². The minimum Gasteiger partial charge on any atom is -0.743 e. The van der Waals surface area contributed by atoms with Crippen LogP contribution in [-0.4, -0.2) is 72.6 Å². The third-order valence-electron chi connectivity index (χ3n) is 4.43. The van der Waals surface area contributed by atoms with E-state index in [1.165, 1.54) is 26.4 Å². The van der Waals surface area contributed by atoms with Gasteiger partial charge >= 0.3 is 56.4 Å². The van der Waals surface area contributed by atoms with Gasteiger partial charge in [-0.2, -0.15) is 39.5 Å². The summed E-state index contributed by atoms with van der Waals surface area (Å²) in [5, 5.41) is 11.1. The van der Waals surface area contributed by atoms with E-state index in [1.807, 2.05) is 0 Å². The highest BCUT2D eigenvalue weighted by molar-refractivity contribution is 7.86. The van der Waals surface area contributed by atoms with Gasteiger partial charge in [-0.15, -0.1) is 0 Å². The highest BCUT2D eigenvalue weighted by atomic mass is 127. The van der Waals surface area contributed by atoms with Crippen molar-refractivity contribution in [2.45, 2.75) is 23.3 Å². The fourth-order valence-electron chi connectivity index (χ4n) is 2.37. The zero-order valence-electron chi connectivity index (χ0n) is 19.4. The Hall–Kier alpha value is -3.01. The third-order valence-corrected chi connectivity index (χ3v) is 8.16. The molecule has 0 fully saturated rings. The number of ether oxygens (including phenoxy) is 2. The maximum atomic E-state index is 12.2. The molecule has 0 saturated heterocycles. The van der Waals surface area contributed by atoms with Crippen molar-refractivity contribution in [3.05, 3.63) is 54.7 Å². The predicted molar refractivity (Wildman–Crippen MR) is 108 cm³/mol. The number of hydrogen-bond acceptors (Lipinski definition) is 7. The number of carboxylic acid groups (broad SMARTS) is 2. The van der Waals surface area contributed by atoms with Gasteiger partial charge < -0.3 is 24.2 Å². The van der Waals surface area contributed by atoms with Crippen LogP contribution in [0.3, 0.4) is 0 Å². The van der Waals surface area contributed by atoms with Crippen molar-refractivity contribution in [3.8, 4) is 11.5 Å². The summed E-state index contributed by atoms with van der Waals surface area (Å²) < 4.78 is 147. The Morgan fingerprint density at radius 3 is 1.35 bits per heavy atom. The molecule has 0 aromatic heterocycles. The smallest absolute Gasteiger partial charge is 0.460 e. The van der Waals surface area contributed by atoms with Crippen molar-refractivity contribution in [2.75, 3.05) is 14.2 Å². The first kappa shape index (κ1) is 35.0. The van der Waals surface area contributed by atoms with Crippen LogP contribution in [0.5, 0.6) is 11.5 Å². The molecule has 2 rings (SSSR count). The Morgan fingerprint density at radius 1 is 0.750 bits per heavy atom. The molecule has 0 saturated carbocycles. The maximum absolute atomic E-state index is 12.2. The van der Waals surface area contributed by atoms with Gasteiger partial charge in [-0.3, -0.25) is 0 Å². The predicted octanol–water partition coefficient (Wildman–Crippen LogP) is 1.19. The Morgan fingerprint density at radius 2 is 1.10 bits per heavy atom. The monoisotopic (exact) mass is 728 g/mol. The van der Waals surface area contributed by atoms with Crippen LogP contribution in [-0.2, 0) is 10.1 Å². The Bertz CT molecular complexity index is 1300. The van der Waals surface area contributed by atoms with Gasteiger partial charge in [-0.25, -0.2) is 18.0 Å². The first-order chi connectivity index (χ1) is 18.0. The van der Waals surface area contributed by atoms with Crippen molar-refractivity contribution in [1.29, 1.82) is 0 Å². The Labute approximate surface area is 228 Å². The maximum Gasteiger partial charge on any atom is 0.460 e. The van der Waals surface area contributed by atoms with E-state index in [0.29, 0.717) is 11.5 Å². The van der Waals surface area contributed by atoms with Crippen LogP contribution in [0, 0.1) is 7.14 Å². The van der Waals surface area contributed by atoms with E-state index in [1.54, 1.807) is 24.3 Å². The van der Waals surface area contributed by atoms with Crippen LogP contribution < -0.4 is 30.7 Å². The molecule has 2 aromatic rings. The average Bonchev–Trinajstić information content (AvgIpc) is 2.82. The van der Waals surface area contributed by atoms with E-state index in [9.17, 15) is 62.1 Å². The molecule has 0 radical (unpaired) electrons. The van der Waals surface area contributed by atoms with Gasteiger partial charge in [0.1, 0.15) is 0 Å². The molecule has 0 unspecified atom stereocenters. The molecule has 0 amide bonds. The molecule has 224 valence electrons. The second kappa shape index (κ2) is 12.2. The second-order valence-corrected chi connectivity index (χ2v) is 11.3. The molecule has 0 spiro atoms. The summed E-state index contributed by atoms with van der Waals surface area (Å²) in [7, 11) is -4.40. The van der Waals surface area contributed by atoms with E-state index in [0.717, 1.165) is 7.14 Å². The highest BCUT2D eigenvalue weighted by Gasteiger charge is 2.83. The van der Waals surface area contributed by atoms with E-state index in [4.69, 9.17) is 19.7 Å². The summed E-state index contributed by atoms with van der Waals surface area (Å²) >= 11 is -0.889. The van der Waals surface area contributed by atoms with Gasteiger partial charge in [0.15, 0.2) is 21.6 Å².